The van der Waals surface area contributed by atoms with Gasteiger partial charge < -0.3 is 14.0 Å². The first kappa shape index (κ1) is 15.6. The summed E-state index contributed by atoms with van der Waals surface area (Å²) in [5.41, 5.74) is 4.20. The van der Waals surface area contributed by atoms with Crippen LogP contribution in [0.15, 0.2) is 36.8 Å². The lowest BCUT2D eigenvalue weighted by atomic mass is 10.0. The second-order valence-electron chi connectivity index (χ2n) is 5.86. The highest BCUT2D eigenvalue weighted by Gasteiger charge is 2.29. The summed E-state index contributed by atoms with van der Waals surface area (Å²) in [6.45, 7) is 3.31. The van der Waals surface area contributed by atoms with E-state index in [-0.39, 0.29) is 18.3 Å². The molecule has 6 heteroatoms. The number of amides is 1. The summed E-state index contributed by atoms with van der Waals surface area (Å²) < 4.78 is 4.16. The van der Waals surface area contributed by atoms with Gasteiger partial charge in [-0.15, -0.1) is 12.4 Å². The van der Waals surface area contributed by atoms with Crippen molar-refractivity contribution >= 4 is 29.2 Å². The normalized spacial score (nSPS) is 14.0. The number of carbonyl (C=O) groups excluding carboxylic acids is 1. The molecule has 0 atom stereocenters. The third kappa shape index (κ3) is 2.32. The van der Waals surface area contributed by atoms with Gasteiger partial charge in [0.2, 0.25) is 0 Å². The highest BCUT2D eigenvalue weighted by atomic mass is 35.5. The lowest BCUT2D eigenvalue weighted by molar-refractivity contribution is 0.0684. The van der Waals surface area contributed by atoms with Gasteiger partial charge in [0.05, 0.1) is 18.6 Å². The molecule has 120 valence electrons. The van der Waals surface area contributed by atoms with E-state index >= 15 is 0 Å². The standard InChI is InChI=1S/C17H18N4O.ClH/c1-12-9-18-10-21(12)11-20-8-7-15-16(17(20)22)13-5-3-4-6-14(13)19(15)2;/h3-6,9-10H,7-8,11H2,1-2H3;1H. The Bertz CT molecular complexity index is 880. The van der Waals surface area contributed by atoms with Crippen molar-refractivity contribution < 1.29 is 4.79 Å². The molecule has 0 saturated heterocycles. The first-order valence-corrected chi connectivity index (χ1v) is 7.49. The van der Waals surface area contributed by atoms with Gasteiger partial charge in [0, 0.05) is 48.5 Å². The predicted octanol–water partition coefficient (Wildman–Crippen LogP) is 2.76. The number of nitrogens with zero attached hydrogens (tertiary/aromatic N) is 4. The number of benzene rings is 1. The summed E-state index contributed by atoms with van der Waals surface area (Å²) in [5, 5.41) is 1.05. The summed E-state index contributed by atoms with van der Waals surface area (Å²) in [4.78, 5) is 19.0. The zero-order valence-electron chi connectivity index (χ0n) is 13.2. The Balaban J connectivity index is 0.00000156. The van der Waals surface area contributed by atoms with Crippen molar-refractivity contribution in [3.05, 3.63) is 53.7 Å². The zero-order valence-corrected chi connectivity index (χ0v) is 14.0. The second kappa shape index (κ2) is 5.74. The maximum absolute atomic E-state index is 13.0. The van der Waals surface area contributed by atoms with E-state index in [1.807, 2.05) is 47.8 Å². The highest BCUT2D eigenvalue weighted by Crippen LogP contribution is 2.30. The SMILES string of the molecule is Cc1cncn1CN1CCc2c(c3ccccc3n2C)C1=O.Cl. The molecule has 1 aromatic carbocycles. The molecule has 0 unspecified atom stereocenters. The molecule has 0 radical (unpaired) electrons. The van der Waals surface area contributed by atoms with Crippen LogP contribution in [0.2, 0.25) is 0 Å². The summed E-state index contributed by atoms with van der Waals surface area (Å²) in [5.74, 6) is 0.117. The van der Waals surface area contributed by atoms with E-state index in [0.29, 0.717) is 6.67 Å². The fourth-order valence-corrected chi connectivity index (χ4v) is 3.33. The Morgan fingerprint density at radius 2 is 2.04 bits per heavy atom. The number of aryl methyl sites for hydroxylation is 2. The third-order valence-corrected chi connectivity index (χ3v) is 4.59. The van der Waals surface area contributed by atoms with Gasteiger partial charge in [-0.3, -0.25) is 4.79 Å². The van der Waals surface area contributed by atoms with E-state index < -0.39 is 0 Å². The molecule has 2 aromatic heterocycles. The molecule has 0 aliphatic carbocycles. The van der Waals surface area contributed by atoms with Crippen LogP contribution in [-0.4, -0.2) is 31.5 Å². The predicted molar refractivity (Wildman–Crippen MR) is 91.9 cm³/mol. The van der Waals surface area contributed by atoms with Crippen LogP contribution in [0.3, 0.4) is 0 Å². The molecule has 3 heterocycles. The molecule has 23 heavy (non-hydrogen) atoms. The fourth-order valence-electron chi connectivity index (χ4n) is 3.33. The fraction of sp³-hybridized carbons (Fsp3) is 0.294. The third-order valence-electron chi connectivity index (χ3n) is 4.59. The molecular weight excluding hydrogens is 312 g/mol. The van der Waals surface area contributed by atoms with E-state index in [1.165, 1.54) is 0 Å². The van der Waals surface area contributed by atoms with Crippen LogP contribution in [0.25, 0.3) is 10.9 Å². The van der Waals surface area contributed by atoms with Gasteiger partial charge in [-0.05, 0) is 13.0 Å². The number of hydrogen-bond donors (Lipinski definition) is 0. The van der Waals surface area contributed by atoms with Gasteiger partial charge >= 0.3 is 0 Å². The number of aromatic nitrogens is 3. The Morgan fingerprint density at radius 1 is 1.26 bits per heavy atom. The van der Waals surface area contributed by atoms with Crippen molar-refractivity contribution in [3.8, 4) is 0 Å². The molecule has 0 N–H and O–H groups in total. The van der Waals surface area contributed by atoms with Gasteiger partial charge in [0.15, 0.2) is 0 Å². The van der Waals surface area contributed by atoms with Crippen molar-refractivity contribution in [2.24, 2.45) is 7.05 Å². The van der Waals surface area contributed by atoms with Gasteiger partial charge in [-0.25, -0.2) is 4.98 Å². The van der Waals surface area contributed by atoms with Crippen LogP contribution in [0, 0.1) is 6.92 Å². The molecule has 0 fully saturated rings. The molecule has 1 aliphatic rings. The average Bonchev–Trinajstić information content (AvgIpc) is 3.05. The van der Waals surface area contributed by atoms with Gasteiger partial charge in [-0.1, -0.05) is 18.2 Å². The first-order chi connectivity index (χ1) is 10.7. The minimum Gasteiger partial charge on any atom is -0.347 e. The monoisotopic (exact) mass is 330 g/mol. The van der Waals surface area contributed by atoms with Crippen LogP contribution in [0.1, 0.15) is 21.7 Å². The Hall–Kier alpha value is -2.27. The summed E-state index contributed by atoms with van der Waals surface area (Å²) in [6.07, 6.45) is 4.49. The van der Waals surface area contributed by atoms with E-state index in [1.54, 1.807) is 6.33 Å². The number of fused-ring (bicyclic) bond motifs is 3. The van der Waals surface area contributed by atoms with E-state index in [2.05, 4.69) is 15.6 Å². The maximum atomic E-state index is 13.0. The van der Waals surface area contributed by atoms with Gasteiger partial charge in [-0.2, -0.15) is 0 Å². The Labute approximate surface area is 140 Å². The molecule has 5 nitrogen and oxygen atoms in total. The molecular formula is C17H19ClN4O. The van der Waals surface area contributed by atoms with E-state index in [4.69, 9.17) is 0 Å². The minimum absolute atomic E-state index is 0. The van der Waals surface area contributed by atoms with E-state index in [0.717, 1.165) is 40.8 Å². The largest absolute Gasteiger partial charge is 0.347 e. The smallest absolute Gasteiger partial charge is 0.257 e. The number of para-hydroxylation sites is 1. The molecule has 4 rings (SSSR count). The molecule has 0 bridgehead atoms. The summed E-state index contributed by atoms with van der Waals surface area (Å²) >= 11 is 0. The number of rotatable bonds is 2. The van der Waals surface area contributed by atoms with Gasteiger partial charge in [0.25, 0.3) is 5.91 Å². The Kier molecular flexibility index (Phi) is 3.90. The van der Waals surface area contributed by atoms with Crippen molar-refractivity contribution in [1.82, 2.24) is 19.0 Å². The molecule has 3 aromatic rings. The number of imidazole rings is 1. The first-order valence-electron chi connectivity index (χ1n) is 7.49. The minimum atomic E-state index is 0. The molecule has 0 saturated carbocycles. The molecule has 1 amide bonds. The van der Waals surface area contributed by atoms with Crippen molar-refractivity contribution in [1.29, 1.82) is 0 Å². The maximum Gasteiger partial charge on any atom is 0.257 e. The number of halogens is 1. The number of hydrogen-bond acceptors (Lipinski definition) is 2. The molecule has 1 aliphatic heterocycles. The lowest BCUT2D eigenvalue weighted by Gasteiger charge is -2.28. The number of carbonyl (C=O) groups is 1. The summed E-state index contributed by atoms with van der Waals surface area (Å²) in [7, 11) is 2.05. The van der Waals surface area contributed by atoms with Crippen molar-refractivity contribution in [2.75, 3.05) is 6.54 Å². The molecule has 0 spiro atoms. The zero-order chi connectivity index (χ0) is 15.3. The van der Waals surface area contributed by atoms with Crippen molar-refractivity contribution in [3.63, 3.8) is 0 Å². The van der Waals surface area contributed by atoms with Crippen LogP contribution in [0.5, 0.6) is 0 Å². The highest BCUT2D eigenvalue weighted by molar-refractivity contribution is 6.09. The average molecular weight is 331 g/mol. The van der Waals surface area contributed by atoms with Crippen LogP contribution >= 0.6 is 12.4 Å². The quantitative estimate of drug-likeness (QED) is 0.725. The van der Waals surface area contributed by atoms with Crippen molar-refractivity contribution in [2.45, 2.75) is 20.0 Å². The van der Waals surface area contributed by atoms with Crippen LogP contribution < -0.4 is 0 Å². The van der Waals surface area contributed by atoms with Crippen LogP contribution in [0.4, 0.5) is 0 Å². The Morgan fingerprint density at radius 3 is 2.78 bits per heavy atom. The van der Waals surface area contributed by atoms with E-state index in [9.17, 15) is 4.79 Å². The topological polar surface area (TPSA) is 43.1 Å². The lowest BCUT2D eigenvalue weighted by Crippen LogP contribution is -2.39. The van der Waals surface area contributed by atoms with Crippen LogP contribution in [-0.2, 0) is 20.1 Å². The summed E-state index contributed by atoms with van der Waals surface area (Å²) in [6, 6.07) is 8.13. The second-order valence-corrected chi connectivity index (χ2v) is 5.86. The van der Waals surface area contributed by atoms with Gasteiger partial charge in [0.1, 0.15) is 0 Å².